The summed E-state index contributed by atoms with van der Waals surface area (Å²) in [6.07, 6.45) is 8.15. The predicted molar refractivity (Wildman–Crippen MR) is 113 cm³/mol. The van der Waals surface area contributed by atoms with Crippen molar-refractivity contribution < 1.29 is 9.59 Å². The van der Waals surface area contributed by atoms with E-state index in [4.69, 9.17) is 11.6 Å². The summed E-state index contributed by atoms with van der Waals surface area (Å²) in [5.74, 6) is 4.49. The fourth-order valence-electron chi connectivity index (χ4n) is 6.83. The van der Waals surface area contributed by atoms with E-state index in [0.717, 1.165) is 35.8 Å². The van der Waals surface area contributed by atoms with E-state index in [1.54, 1.807) is 0 Å². The van der Waals surface area contributed by atoms with Crippen LogP contribution in [0, 0.1) is 35.5 Å². The van der Waals surface area contributed by atoms with Crippen LogP contribution in [0.15, 0.2) is 24.3 Å². The number of piperidine rings is 1. The zero-order chi connectivity index (χ0) is 20.0. The Morgan fingerprint density at radius 2 is 1.69 bits per heavy atom. The lowest BCUT2D eigenvalue weighted by Crippen LogP contribution is -2.51. The molecule has 1 unspecified atom stereocenters. The third-order valence-corrected chi connectivity index (χ3v) is 8.34. The number of amides is 2. The molecule has 0 radical (unpaired) electrons. The van der Waals surface area contributed by atoms with Gasteiger partial charge in [0.15, 0.2) is 0 Å². The number of hydrogen-bond acceptors (Lipinski definition) is 2. The minimum Gasteiger partial charge on any atom is -0.356 e. The number of hydrogen-bond donors (Lipinski definition) is 1. The Bertz CT molecular complexity index is 750. The highest BCUT2D eigenvalue weighted by Gasteiger charge is 2.48. The Morgan fingerprint density at radius 1 is 1.03 bits per heavy atom. The van der Waals surface area contributed by atoms with Gasteiger partial charge in [0.2, 0.25) is 11.8 Å². The van der Waals surface area contributed by atoms with Crippen LogP contribution in [0.4, 0.5) is 0 Å². The molecule has 1 N–H and O–H groups in total. The van der Waals surface area contributed by atoms with Crippen LogP contribution < -0.4 is 5.32 Å². The summed E-state index contributed by atoms with van der Waals surface area (Å²) < 4.78 is 0. The van der Waals surface area contributed by atoms with Gasteiger partial charge < -0.3 is 10.2 Å². The van der Waals surface area contributed by atoms with E-state index in [1.807, 2.05) is 29.2 Å². The third kappa shape index (κ3) is 4.05. The number of benzene rings is 1. The second kappa shape index (κ2) is 7.94. The normalized spacial score (nSPS) is 35.8. The van der Waals surface area contributed by atoms with Gasteiger partial charge in [-0.25, -0.2) is 0 Å². The van der Waals surface area contributed by atoms with Crippen molar-refractivity contribution in [3.63, 3.8) is 0 Å². The summed E-state index contributed by atoms with van der Waals surface area (Å²) in [7, 11) is 0. The lowest BCUT2D eigenvalue weighted by molar-refractivity contribution is -0.139. The van der Waals surface area contributed by atoms with Crippen LogP contribution in [0.1, 0.15) is 50.5 Å². The summed E-state index contributed by atoms with van der Waals surface area (Å²) in [5, 5.41) is 3.99. The largest absolute Gasteiger partial charge is 0.356 e. The molecule has 0 spiro atoms. The Kier molecular flexibility index (Phi) is 5.32. The second-order valence-corrected chi connectivity index (χ2v) is 10.4. The molecule has 4 saturated carbocycles. The molecular weight excluding hydrogens is 384 g/mol. The van der Waals surface area contributed by atoms with Crippen molar-refractivity contribution in [3.05, 3.63) is 34.9 Å². The fraction of sp³-hybridized carbons (Fsp3) is 0.667. The van der Waals surface area contributed by atoms with Crippen LogP contribution in [0.2, 0.25) is 5.02 Å². The molecule has 2 amide bonds. The van der Waals surface area contributed by atoms with Crippen LogP contribution in [-0.2, 0) is 16.1 Å². The molecule has 5 heteroatoms. The summed E-state index contributed by atoms with van der Waals surface area (Å²) in [5.41, 5.74) is 1.05. The molecule has 4 bridgehead atoms. The smallest absolute Gasteiger partial charge is 0.224 e. The van der Waals surface area contributed by atoms with E-state index in [9.17, 15) is 9.59 Å². The Labute approximate surface area is 178 Å². The van der Waals surface area contributed by atoms with E-state index in [2.05, 4.69) is 5.32 Å². The fourth-order valence-corrected chi connectivity index (χ4v) is 6.95. The van der Waals surface area contributed by atoms with Crippen LogP contribution in [0.5, 0.6) is 0 Å². The molecule has 156 valence electrons. The molecule has 4 nitrogen and oxygen atoms in total. The molecule has 1 saturated heterocycles. The van der Waals surface area contributed by atoms with Gasteiger partial charge in [-0.2, -0.15) is 0 Å². The van der Waals surface area contributed by atoms with Crippen molar-refractivity contribution in [1.82, 2.24) is 10.2 Å². The minimum absolute atomic E-state index is 0.0863. The van der Waals surface area contributed by atoms with Gasteiger partial charge in [-0.1, -0.05) is 23.7 Å². The van der Waals surface area contributed by atoms with Gasteiger partial charge >= 0.3 is 0 Å². The molecule has 1 atom stereocenters. The van der Waals surface area contributed by atoms with Gasteiger partial charge in [0.25, 0.3) is 0 Å². The summed E-state index contributed by atoms with van der Waals surface area (Å²) in [6.45, 7) is 1.92. The first-order valence-corrected chi connectivity index (χ1v) is 11.7. The SMILES string of the molecule is O=C(NCC1C2CC3CC(C2)CC1C3)C1CCC(=O)N(Cc2ccc(Cl)cc2)C1. The van der Waals surface area contributed by atoms with Crippen LogP contribution in [-0.4, -0.2) is 29.8 Å². The zero-order valence-corrected chi connectivity index (χ0v) is 17.7. The van der Waals surface area contributed by atoms with Crippen molar-refractivity contribution in [3.8, 4) is 0 Å². The quantitative estimate of drug-likeness (QED) is 0.782. The number of nitrogens with one attached hydrogen (secondary N) is 1. The molecule has 5 aliphatic rings. The molecule has 1 aromatic rings. The molecule has 6 rings (SSSR count). The average molecular weight is 415 g/mol. The number of carbonyl (C=O) groups is 2. The van der Waals surface area contributed by atoms with E-state index >= 15 is 0 Å². The lowest BCUT2D eigenvalue weighted by Gasteiger charge is -2.54. The highest BCUT2D eigenvalue weighted by Crippen LogP contribution is 2.56. The lowest BCUT2D eigenvalue weighted by atomic mass is 9.52. The standard InChI is InChI=1S/C24H31ClN2O2/c25-21-4-1-15(2-5-21)13-27-14-18(3-6-23(27)28)24(29)26-12-22-19-8-16-7-17(10-19)11-20(22)9-16/h1-2,4-5,16-20,22H,3,6-14H2,(H,26,29). The zero-order valence-electron chi connectivity index (χ0n) is 17.0. The summed E-state index contributed by atoms with van der Waals surface area (Å²) in [4.78, 5) is 27.1. The highest BCUT2D eigenvalue weighted by atomic mass is 35.5. The van der Waals surface area contributed by atoms with Gasteiger partial charge in [0.1, 0.15) is 0 Å². The summed E-state index contributed by atoms with van der Waals surface area (Å²) >= 11 is 5.96. The molecule has 1 heterocycles. The maximum atomic E-state index is 12.9. The second-order valence-electron chi connectivity index (χ2n) is 9.98. The van der Waals surface area contributed by atoms with E-state index in [-0.39, 0.29) is 17.7 Å². The summed E-state index contributed by atoms with van der Waals surface area (Å²) in [6, 6.07) is 7.60. The number of nitrogens with zero attached hydrogens (tertiary/aromatic N) is 1. The molecule has 4 aliphatic carbocycles. The van der Waals surface area contributed by atoms with Gasteiger partial charge in [-0.3, -0.25) is 9.59 Å². The van der Waals surface area contributed by atoms with E-state index in [1.165, 1.54) is 32.1 Å². The van der Waals surface area contributed by atoms with Crippen molar-refractivity contribution in [2.45, 2.75) is 51.5 Å². The molecule has 1 aromatic carbocycles. The van der Waals surface area contributed by atoms with E-state index in [0.29, 0.717) is 36.9 Å². The van der Waals surface area contributed by atoms with E-state index < -0.39 is 0 Å². The topological polar surface area (TPSA) is 49.4 Å². The first-order valence-electron chi connectivity index (χ1n) is 11.3. The maximum Gasteiger partial charge on any atom is 0.224 e. The maximum absolute atomic E-state index is 12.9. The predicted octanol–water partition coefficient (Wildman–Crippen LogP) is 4.27. The Morgan fingerprint density at radius 3 is 2.34 bits per heavy atom. The molecule has 0 aromatic heterocycles. The Hall–Kier alpha value is -1.55. The Balaban J connectivity index is 1.16. The third-order valence-electron chi connectivity index (χ3n) is 8.09. The number of halogens is 1. The monoisotopic (exact) mass is 414 g/mol. The molecule has 29 heavy (non-hydrogen) atoms. The first-order chi connectivity index (χ1) is 14.0. The van der Waals surface area contributed by atoms with Crippen LogP contribution >= 0.6 is 11.6 Å². The van der Waals surface area contributed by atoms with Crippen molar-refractivity contribution in [2.24, 2.45) is 35.5 Å². The van der Waals surface area contributed by atoms with Crippen molar-refractivity contribution >= 4 is 23.4 Å². The number of carbonyl (C=O) groups excluding carboxylic acids is 2. The highest BCUT2D eigenvalue weighted by molar-refractivity contribution is 6.30. The van der Waals surface area contributed by atoms with Crippen LogP contribution in [0.25, 0.3) is 0 Å². The van der Waals surface area contributed by atoms with Crippen molar-refractivity contribution in [2.75, 3.05) is 13.1 Å². The van der Waals surface area contributed by atoms with Gasteiger partial charge in [-0.05, 0) is 85.8 Å². The van der Waals surface area contributed by atoms with Crippen molar-refractivity contribution in [1.29, 1.82) is 0 Å². The first kappa shape index (κ1) is 19.4. The molecule has 1 aliphatic heterocycles. The van der Waals surface area contributed by atoms with Gasteiger partial charge in [-0.15, -0.1) is 0 Å². The van der Waals surface area contributed by atoms with Crippen LogP contribution in [0.3, 0.4) is 0 Å². The molecular formula is C24H31ClN2O2. The number of likely N-dealkylation sites (tertiary alicyclic amines) is 1. The average Bonchev–Trinajstić information content (AvgIpc) is 2.70. The molecule has 5 fully saturated rings. The minimum atomic E-state index is -0.0863. The number of rotatable bonds is 5. The van der Waals surface area contributed by atoms with Gasteiger partial charge in [0.05, 0.1) is 5.92 Å². The van der Waals surface area contributed by atoms with Gasteiger partial charge in [0, 0.05) is 31.1 Å².